The highest BCUT2D eigenvalue weighted by Crippen LogP contribution is 2.24. The van der Waals surface area contributed by atoms with E-state index in [-0.39, 0.29) is 12.2 Å². The van der Waals surface area contributed by atoms with Crippen LogP contribution >= 0.6 is 0 Å². The van der Waals surface area contributed by atoms with Crippen molar-refractivity contribution in [2.75, 3.05) is 7.11 Å². The highest BCUT2D eigenvalue weighted by atomic mass is 16.5. The molecule has 0 fully saturated rings. The zero-order chi connectivity index (χ0) is 14.7. The fraction of sp³-hybridized carbons (Fsp3) is 0.118. The molecule has 2 aromatic carbocycles. The average Bonchev–Trinajstić information content (AvgIpc) is 2.66. The van der Waals surface area contributed by atoms with Crippen LogP contribution in [0.5, 0.6) is 0 Å². The summed E-state index contributed by atoms with van der Waals surface area (Å²) in [6.07, 6.45) is 0. The zero-order valence-corrected chi connectivity index (χ0v) is 11.6. The number of hydrogen-bond donors (Lipinski definition) is 0. The third-order valence-corrected chi connectivity index (χ3v) is 3.20. The van der Waals surface area contributed by atoms with E-state index in [9.17, 15) is 4.79 Å². The Labute approximate surface area is 122 Å². The van der Waals surface area contributed by atoms with E-state index < -0.39 is 0 Å². The molecule has 4 nitrogen and oxygen atoms in total. The number of hydrogen-bond acceptors (Lipinski definition) is 4. The summed E-state index contributed by atoms with van der Waals surface area (Å²) in [7, 11) is 1.54. The van der Waals surface area contributed by atoms with Crippen LogP contribution in [-0.2, 0) is 11.3 Å². The molecule has 3 rings (SSSR count). The van der Waals surface area contributed by atoms with Crippen LogP contribution in [0, 0.1) is 0 Å². The van der Waals surface area contributed by atoms with Crippen LogP contribution in [0.4, 0.5) is 0 Å². The second kappa shape index (κ2) is 5.81. The first kappa shape index (κ1) is 13.4. The van der Waals surface area contributed by atoms with E-state index in [1.807, 2.05) is 54.6 Å². The number of methoxy groups -OCH3 is 1. The molecule has 0 unspecified atom stereocenters. The summed E-state index contributed by atoms with van der Waals surface area (Å²) in [5.41, 5.74) is 2.29. The molecular weight excluding hydrogens is 264 g/mol. The molecule has 104 valence electrons. The van der Waals surface area contributed by atoms with Crippen molar-refractivity contribution >= 4 is 10.9 Å². The van der Waals surface area contributed by atoms with Crippen LogP contribution < -0.4 is 5.56 Å². The number of benzene rings is 2. The van der Waals surface area contributed by atoms with Gasteiger partial charge >= 0.3 is 0 Å². The highest BCUT2D eigenvalue weighted by Gasteiger charge is 2.09. The molecular formula is C17H14N2O2. The van der Waals surface area contributed by atoms with Gasteiger partial charge in [0.2, 0.25) is 0 Å². The Morgan fingerprint density at radius 3 is 2.43 bits per heavy atom. The predicted molar refractivity (Wildman–Crippen MR) is 82.0 cm³/mol. The van der Waals surface area contributed by atoms with Gasteiger partial charge in [-0.3, -0.25) is 4.79 Å². The van der Waals surface area contributed by atoms with E-state index in [1.54, 1.807) is 0 Å². The molecule has 0 amide bonds. The van der Waals surface area contributed by atoms with Gasteiger partial charge in [-0.1, -0.05) is 48.5 Å². The first-order valence-electron chi connectivity index (χ1n) is 6.64. The molecule has 0 atom stereocenters. The molecule has 1 aromatic heterocycles. The van der Waals surface area contributed by atoms with Crippen LogP contribution in [0.25, 0.3) is 22.2 Å². The molecule has 0 saturated carbocycles. The number of ether oxygens (including phenoxy) is 1. The summed E-state index contributed by atoms with van der Waals surface area (Å²) < 4.78 is 5.07. The minimum atomic E-state index is -0.352. The summed E-state index contributed by atoms with van der Waals surface area (Å²) in [5.74, 6) is 0. The van der Waals surface area contributed by atoms with E-state index in [4.69, 9.17) is 4.74 Å². The number of nitrogens with zero attached hydrogens (tertiary/aromatic N) is 2. The standard InChI is InChI=1S/C17H14N2O2/c1-21-11-15-17(20)19-14-10-6-5-9-13(14)16(18-15)12-7-3-2-4-8-12/h2-10H,11H2,1H3. The maximum atomic E-state index is 12.2. The van der Waals surface area contributed by atoms with Gasteiger partial charge in [0, 0.05) is 18.1 Å². The Bertz CT molecular complexity index is 832. The Hall–Kier alpha value is -2.59. The van der Waals surface area contributed by atoms with Crippen LogP contribution in [0.3, 0.4) is 0 Å². The quantitative estimate of drug-likeness (QED) is 0.739. The molecule has 4 heteroatoms. The lowest BCUT2D eigenvalue weighted by molar-refractivity contribution is 0.180. The van der Waals surface area contributed by atoms with Gasteiger partial charge in [0.15, 0.2) is 0 Å². The van der Waals surface area contributed by atoms with Crippen LogP contribution in [0.15, 0.2) is 59.4 Å². The molecule has 0 aliphatic rings. The first-order valence-corrected chi connectivity index (χ1v) is 6.64. The normalized spacial score (nSPS) is 10.7. The van der Waals surface area contributed by atoms with Gasteiger partial charge in [0.25, 0.3) is 5.56 Å². The summed E-state index contributed by atoms with van der Waals surface area (Å²) >= 11 is 0. The molecule has 0 aliphatic carbocycles. The second-order valence-corrected chi connectivity index (χ2v) is 4.64. The van der Waals surface area contributed by atoms with Crippen LogP contribution in [-0.4, -0.2) is 17.1 Å². The number of para-hydroxylation sites is 1. The molecule has 3 aromatic rings. The lowest BCUT2D eigenvalue weighted by atomic mass is 10.1. The maximum Gasteiger partial charge on any atom is 0.294 e. The predicted octanol–water partition coefficient (Wildman–Crippen LogP) is 2.80. The van der Waals surface area contributed by atoms with Crippen LogP contribution in [0.2, 0.25) is 0 Å². The van der Waals surface area contributed by atoms with E-state index >= 15 is 0 Å². The van der Waals surface area contributed by atoms with Gasteiger partial charge in [0.1, 0.15) is 5.69 Å². The maximum absolute atomic E-state index is 12.2. The molecule has 0 radical (unpaired) electrons. The third kappa shape index (κ3) is 2.66. The average molecular weight is 278 g/mol. The van der Waals surface area contributed by atoms with Crippen molar-refractivity contribution in [3.63, 3.8) is 0 Å². The number of fused-ring (bicyclic) bond motifs is 1. The third-order valence-electron chi connectivity index (χ3n) is 3.20. The Morgan fingerprint density at radius 2 is 1.67 bits per heavy atom. The fourth-order valence-corrected chi connectivity index (χ4v) is 2.24. The largest absolute Gasteiger partial charge is 0.378 e. The summed E-state index contributed by atoms with van der Waals surface area (Å²) in [6.45, 7) is 0.145. The van der Waals surface area contributed by atoms with Crippen molar-refractivity contribution in [2.24, 2.45) is 0 Å². The van der Waals surface area contributed by atoms with Gasteiger partial charge in [-0.25, -0.2) is 9.97 Å². The number of aromatic nitrogens is 2. The van der Waals surface area contributed by atoms with E-state index in [2.05, 4.69) is 9.97 Å². The topological polar surface area (TPSA) is 52.1 Å². The Kier molecular flexibility index (Phi) is 3.71. The van der Waals surface area contributed by atoms with Crippen molar-refractivity contribution in [1.82, 2.24) is 9.97 Å². The van der Waals surface area contributed by atoms with E-state index in [0.29, 0.717) is 11.2 Å². The summed E-state index contributed by atoms with van der Waals surface area (Å²) in [6, 6.07) is 17.3. The van der Waals surface area contributed by atoms with E-state index in [1.165, 1.54) is 7.11 Å². The Morgan fingerprint density at radius 1 is 0.952 bits per heavy atom. The van der Waals surface area contributed by atoms with Gasteiger partial charge in [-0.15, -0.1) is 0 Å². The lowest BCUT2D eigenvalue weighted by Crippen LogP contribution is -2.11. The molecule has 0 bridgehead atoms. The Balaban J connectivity index is 2.41. The molecule has 21 heavy (non-hydrogen) atoms. The van der Waals surface area contributed by atoms with Crippen molar-refractivity contribution in [1.29, 1.82) is 0 Å². The van der Waals surface area contributed by atoms with Crippen molar-refractivity contribution in [3.8, 4) is 11.3 Å². The van der Waals surface area contributed by atoms with Crippen molar-refractivity contribution in [2.45, 2.75) is 6.61 Å². The highest BCUT2D eigenvalue weighted by molar-refractivity contribution is 5.91. The zero-order valence-electron chi connectivity index (χ0n) is 11.6. The van der Waals surface area contributed by atoms with Gasteiger partial charge < -0.3 is 4.74 Å². The monoisotopic (exact) mass is 278 g/mol. The minimum Gasteiger partial charge on any atom is -0.378 e. The van der Waals surface area contributed by atoms with Gasteiger partial charge in [-0.05, 0) is 6.07 Å². The molecule has 0 saturated heterocycles. The van der Waals surface area contributed by atoms with Gasteiger partial charge in [0.05, 0.1) is 17.8 Å². The second-order valence-electron chi connectivity index (χ2n) is 4.64. The smallest absolute Gasteiger partial charge is 0.294 e. The van der Waals surface area contributed by atoms with Crippen molar-refractivity contribution in [3.05, 3.63) is 70.6 Å². The molecule has 0 N–H and O–H groups in total. The molecule has 1 heterocycles. The SMILES string of the molecule is COCc1nc(-c2ccccc2)c2ccccc2nc1=O. The molecule has 0 aliphatic heterocycles. The van der Waals surface area contributed by atoms with Crippen molar-refractivity contribution < 1.29 is 4.74 Å². The van der Waals surface area contributed by atoms with E-state index in [0.717, 1.165) is 16.6 Å². The first-order chi connectivity index (χ1) is 10.3. The summed E-state index contributed by atoms with van der Waals surface area (Å²) in [4.78, 5) is 20.8. The number of rotatable bonds is 3. The summed E-state index contributed by atoms with van der Waals surface area (Å²) in [5, 5.41) is 0.850. The lowest BCUT2D eigenvalue weighted by Gasteiger charge is -2.02. The molecule has 0 spiro atoms. The van der Waals surface area contributed by atoms with Gasteiger partial charge in [-0.2, -0.15) is 0 Å². The minimum absolute atomic E-state index is 0.145. The fourth-order valence-electron chi connectivity index (χ4n) is 2.24. The van der Waals surface area contributed by atoms with Crippen LogP contribution in [0.1, 0.15) is 5.69 Å².